The molecule has 2 N–H and O–H groups in total. The van der Waals surface area contributed by atoms with Crippen molar-refractivity contribution in [3.8, 4) is 5.75 Å². The van der Waals surface area contributed by atoms with Gasteiger partial charge in [0.25, 0.3) is 0 Å². The first kappa shape index (κ1) is 24.3. The third-order valence-corrected chi connectivity index (χ3v) is 5.83. The van der Waals surface area contributed by atoms with Gasteiger partial charge in [0.15, 0.2) is 5.16 Å². The molecule has 0 saturated carbocycles. The summed E-state index contributed by atoms with van der Waals surface area (Å²) in [7, 11) is 0. The van der Waals surface area contributed by atoms with Gasteiger partial charge in [0.2, 0.25) is 11.8 Å². The Kier molecular flexibility index (Phi) is 8.48. The van der Waals surface area contributed by atoms with Crippen molar-refractivity contribution in [3.05, 3.63) is 59.4 Å². The van der Waals surface area contributed by atoms with Crippen LogP contribution < -0.4 is 15.4 Å². The van der Waals surface area contributed by atoms with Crippen molar-refractivity contribution in [2.24, 2.45) is 0 Å². The zero-order chi connectivity index (χ0) is 23.8. The number of rotatable bonds is 10. The predicted octanol–water partition coefficient (Wildman–Crippen LogP) is 4.23. The molecule has 9 heteroatoms. The van der Waals surface area contributed by atoms with E-state index in [1.807, 2.05) is 62.6 Å². The van der Waals surface area contributed by atoms with E-state index in [-0.39, 0.29) is 24.0 Å². The molecule has 1 heterocycles. The molecule has 3 rings (SSSR count). The molecule has 174 valence electrons. The fraction of sp³-hybridized carbons (Fsp3) is 0.333. The summed E-state index contributed by atoms with van der Waals surface area (Å²) in [6.07, 6.45) is 0.0867. The maximum atomic E-state index is 12.5. The van der Waals surface area contributed by atoms with Crippen LogP contribution in [0.15, 0.2) is 47.6 Å². The monoisotopic (exact) mass is 467 g/mol. The van der Waals surface area contributed by atoms with E-state index in [0.29, 0.717) is 29.8 Å². The SMILES string of the molecule is CCOc1ccc(NC(=O)Cc2nnc(SCC(=O)Nc3ccc(C)cc3C)n2CC)cc1. The van der Waals surface area contributed by atoms with Crippen molar-refractivity contribution in [2.45, 2.75) is 45.8 Å². The molecule has 0 aliphatic heterocycles. The van der Waals surface area contributed by atoms with E-state index in [1.54, 1.807) is 12.1 Å². The summed E-state index contributed by atoms with van der Waals surface area (Å²) in [5.41, 5.74) is 3.65. The lowest BCUT2D eigenvalue weighted by molar-refractivity contribution is -0.116. The summed E-state index contributed by atoms with van der Waals surface area (Å²) in [5.74, 6) is 1.20. The van der Waals surface area contributed by atoms with Gasteiger partial charge in [-0.2, -0.15) is 0 Å². The average molecular weight is 468 g/mol. The van der Waals surface area contributed by atoms with E-state index in [2.05, 4.69) is 20.8 Å². The molecule has 3 aromatic rings. The minimum atomic E-state index is -0.189. The fourth-order valence-corrected chi connectivity index (χ4v) is 4.12. The Labute approximate surface area is 198 Å². The molecule has 0 unspecified atom stereocenters. The van der Waals surface area contributed by atoms with E-state index >= 15 is 0 Å². The number of nitrogens with one attached hydrogen (secondary N) is 2. The molecule has 0 saturated heterocycles. The molecular formula is C24H29N5O3S. The molecular weight excluding hydrogens is 438 g/mol. The highest BCUT2D eigenvalue weighted by molar-refractivity contribution is 7.99. The maximum Gasteiger partial charge on any atom is 0.234 e. The molecule has 0 spiro atoms. The summed E-state index contributed by atoms with van der Waals surface area (Å²) >= 11 is 1.30. The van der Waals surface area contributed by atoms with Gasteiger partial charge in [-0.25, -0.2) is 0 Å². The predicted molar refractivity (Wildman–Crippen MR) is 131 cm³/mol. The first-order chi connectivity index (χ1) is 15.9. The lowest BCUT2D eigenvalue weighted by atomic mass is 10.1. The zero-order valence-electron chi connectivity index (χ0n) is 19.3. The summed E-state index contributed by atoms with van der Waals surface area (Å²) in [5, 5.41) is 14.8. The highest BCUT2D eigenvalue weighted by atomic mass is 32.2. The van der Waals surface area contributed by atoms with Crippen LogP contribution in [0.3, 0.4) is 0 Å². The van der Waals surface area contributed by atoms with Crippen LogP contribution in [-0.2, 0) is 22.6 Å². The van der Waals surface area contributed by atoms with E-state index in [0.717, 1.165) is 22.6 Å². The van der Waals surface area contributed by atoms with Gasteiger partial charge in [-0.05, 0) is 63.6 Å². The van der Waals surface area contributed by atoms with Crippen molar-refractivity contribution in [1.82, 2.24) is 14.8 Å². The second-order valence-corrected chi connectivity index (χ2v) is 8.42. The van der Waals surface area contributed by atoms with Crippen molar-refractivity contribution >= 4 is 35.0 Å². The summed E-state index contributed by atoms with van der Waals surface area (Å²) < 4.78 is 7.27. The average Bonchev–Trinajstić information content (AvgIpc) is 3.17. The normalized spacial score (nSPS) is 10.7. The molecule has 0 radical (unpaired) electrons. The Morgan fingerprint density at radius 2 is 1.76 bits per heavy atom. The molecule has 0 atom stereocenters. The van der Waals surface area contributed by atoms with Crippen molar-refractivity contribution < 1.29 is 14.3 Å². The van der Waals surface area contributed by atoms with Crippen molar-refractivity contribution in [1.29, 1.82) is 0 Å². The van der Waals surface area contributed by atoms with E-state index < -0.39 is 0 Å². The van der Waals surface area contributed by atoms with Crippen molar-refractivity contribution in [2.75, 3.05) is 23.0 Å². The van der Waals surface area contributed by atoms with Crippen LogP contribution in [0.5, 0.6) is 5.75 Å². The highest BCUT2D eigenvalue weighted by Gasteiger charge is 2.16. The molecule has 0 fully saturated rings. The van der Waals surface area contributed by atoms with Gasteiger partial charge >= 0.3 is 0 Å². The largest absolute Gasteiger partial charge is 0.494 e. The second kappa shape index (κ2) is 11.5. The summed E-state index contributed by atoms with van der Waals surface area (Å²) in [4.78, 5) is 24.9. The van der Waals surface area contributed by atoms with Crippen LogP contribution >= 0.6 is 11.8 Å². The second-order valence-electron chi connectivity index (χ2n) is 7.48. The molecule has 0 bridgehead atoms. The van der Waals surface area contributed by atoms with Crippen molar-refractivity contribution in [3.63, 3.8) is 0 Å². The van der Waals surface area contributed by atoms with E-state index in [4.69, 9.17) is 4.74 Å². The Bertz CT molecular complexity index is 1110. The topological polar surface area (TPSA) is 98.1 Å². The number of thioether (sulfide) groups is 1. The molecule has 0 aliphatic carbocycles. The first-order valence-corrected chi connectivity index (χ1v) is 11.8. The molecule has 33 heavy (non-hydrogen) atoms. The van der Waals surface area contributed by atoms with Gasteiger partial charge in [-0.3, -0.25) is 9.59 Å². The molecule has 8 nitrogen and oxygen atoms in total. The van der Waals surface area contributed by atoms with Gasteiger partial charge in [0.1, 0.15) is 11.6 Å². The Morgan fingerprint density at radius 3 is 2.42 bits per heavy atom. The number of nitrogens with zero attached hydrogens (tertiary/aromatic N) is 3. The third-order valence-electron chi connectivity index (χ3n) is 4.87. The number of carbonyl (C=O) groups excluding carboxylic acids is 2. The lowest BCUT2D eigenvalue weighted by Gasteiger charge is -2.10. The Morgan fingerprint density at radius 1 is 1.00 bits per heavy atom. The quantitative estimate of drug-likeness (QED) is 0.433. The van der Waals surface area contributed by atoms with E-state index in [1.165, 1.54) is 11.8 Å². The number of anilines is 2. The molecule has 0 aliphatic rings. The Balaban J connectivity index is 1.56. The number of ether oxygens (including phenoxy) is 1. The standard InChI is InChI=1S/C24H29N5O3S/c1-5-29-21(14-22(30)25-18-8-10-19(11-9-18)32-6-2)27-28-24(29)33-15-23(31)26-20-12-7-16(3)13-17(20)4/h7-13H,5-6,14-15H2,1-4H3,(H,25,30)(H,26,31). The summed E-state index contributed by atoms with van der Waals surface area (Å²) in [6.45, 7) is 9.04. The Hall–Kier alpha value is -3.33. The number of carbonyl (C=O) groups is 2. The van der Waals surface area contributed by atoms with Crippen LogP contribution in [0.2, 0.25) is 0 Å². The minimum Gasteiger partial charge on any atom is -0.494 e. The van der Waals surface area contributed by atoms with Crippen LogP contribution in [-0.4, -0.2) is 38.9 Å². The molecule has 2 aromatic carbocycles. The van der Waals surface area contributed by atoms with Gasteiger partial charge in [-0.1, -0.05) is 29.5 Å². The fourth-order valence-electron chi connectivity index (χ4n) is 3.29. The number of hydrogen-bond donors (Lipinski definition) is 2. The number of aryl methyl sites for hydroxylation is 2. The third kappa shape index (κ3) is 6.82. The van der Waals surface area contributed by atoms with Gasteiger partial charge in [-0.15, -0.1) is 10.2 Å². The van der Waals surface area contributed by atoms with Gasteiger partial charge in [0.05, 0.1) is 18.8 Å². The van der Waals surface area contributed by atoms with E-state index in [9.17, 15) is 9.59 Å². The van der Waals surface area contributed by atoms with Crippen LogP contribution in [0.25, 0.3) is 0 Å². The minimum absolute atomic E-state index is 0.0867. The molecule has 2 amide bonds. The maximum absolute atomic E-state index is 12.5. The molecule has 1 aromatic heterocycles. The van der Waals surface area contributed by atoms with Crippen LogP contribution in [0.1, 0.15) is 30.8 Å². The van der Waals surface area contributed by atoms with Crippen LogP contribution in [0.4, 0.5) is 11.4 Å². The highest BCUT2D eigenvalue weighted by Crippen LogP contribution is 2.20. The number of aromatic nitrogens is 3. The van der Waals surface area contributed by atoms with Crippen LogP contribution in [0, 0.1) is 13.8 Å². The number of benzene rings is 2. The first-order valence-electron chi connectivity index (χ1n) is 10.8. The summed E-state index contributed by atoms with van der Waals surface area (Å²) in [6, 6.07) is 13.1. The smallest absolute Gasteiger partial charge is 0.234 e. The number of hydrogen-bond acceptors (Lipinski definition) is 6. The van der Waals surface area contributed by atoms with Gasteiger partial charge < -0.3 is 19.9 Å². The number of amides is 2. The zero-order valence-corrected chi connectivity index (χ0v) is 20.2. The van der Waals surface area contributed by atoms with Gasteiger partial charge in [0, 0.05) is 17.9 Å². The lowest BCUT2D eigenvalue weighted by Crippen LogP contribution is -2.18.